The molecule has 0 aliphatic heterocycles. The van der Waals surface area contributed by atoms with E-state index in [9.17, 15) is 0 Å². The molecule has 0 spiro atoms. The van der Waals surface area contributed by atoms with Crippen LogP contribution in [0.5, 0.6) is 0 Å². The quantitative estimate of drug-likeness (QED) is 0.660. The molecule has 0 fully saturated rings. The molecule has 0 heterocycles. The SMILES string of the molecule is CCCCC(NCC)C(c1ccccc1)C(C)CC. The van der Waals surface area contributed by atoms with Gasteiger partial charge in [0.15, 0.2) is 0 Å². The van der Waals surface area contributed by atoms with E-state index in [0.29, 0.717) is 12.0 Å². The number of unbranched alkanes of at least 4 members (excludes halogenated alkanes) is 1. The molecule has 0 saturated carbocycles. The summed E-state index contributed by atoms with van der Waals surface area (Å²) >= 11 is 0. The second kappa shape index (κ2) is 9.14. The van der Waals surface area contributed by atoms with Crippen molar-refractivity contribution in [2.75, 3.05) is 6.54 Å². The fraction of sp³-hybridized carbons (Fsp3) is 0.667. The number of nitrogens with one attached hydrogen (secondary N) is 1. The van der Waals surface area contributed by atoms with Crippen LogP contribution in [0, 0.1) is 5.92 Å². The normalized spacial score (nSPS) is 16.0. The van der Waals surface area contributed by atoms with E-state index >= 15 is 0 Å². The Balaban J connectivity index is 2.92. The van der Waals surface area contributed by atoms with Gasteiger partial charge in [0, 0.05) is 12.0 Å². The van der Waals surface area contributed by atoms with Crippen LogP contribution in [0.4, 0.5) is 0 Å². The fourth-order valence-corrected chi connectivity index (χ4v) is 2.98. The standard InChI is InChI=1S/C18H31N/c1-5-8-14-17(19-7-3)18(15(4)6-2)16-12-10-9-11-13-16/h9-13,15,17-19H,5-8,14H2,1-4H3. The van der Waals surface area contributed by atoms with E-state index in [2.05, 4.69) is 63.3 Å². The molecule has 1 aromatic carbocycles. The summed E-state index contributed by atoms with van der Waals surface area (Å²) in [6.45, 7) is 10.3. The topological polar surface area (TPSA) is 12.0 Å². The van der Waals surface area contributed by atoms with Crippen LogP contribution in [-0.2, 0) is 0 Å². The van der Waals surface area contributed by atoms with Crippen LogP contribution in [0.25, 0.3) is 0 Å². The Hall–Kier alpha value is -0.820. The molecule has 1 heteroatoms. The van der Waals surface area contributed by atoms with Crippen molar-refractivity contribution in [1.29, 1.82) is 0 Å². The van der Waals surface area contributed by atoms with Crippen molar-refractivity contribution in [2.45, 2.75) is 65.3 Å². The Morgan fingerprint density at radius 1 is 1.05 bits per heavy atom. The van der Waals surface area contributed by atoms with Crippen molar-refractivity contribution in [1.82, 2.24) is 5.32 Å². The number of benzene rings is 1. The van der Waals surface area contributed by atoms with Gasteiger partial charge < -0.3 is 5.32 Å². The summed E-state index contributed by atoms with van der Waals surface area (Å²) in [6.07, 6.45) is 5.13. The zero-order valence-corrected chi connectivity index (χ0v) is 13.2. The van der Waals surface area contributed by atoms with Gasteiger partial charge in [-0.2, -0.15) is 0 Å². The first-order valence-corrected chi connectivity index (χ1v) is 8.02. The highest BCUT2D eigenvalue weighted by Crippen LogP contribution is 2.32. The minimum absolute atomic E-state index is 0.613. The van der Waals surface area contributed by atoms with E-state index in [-0.39, 0.29) is 0 Å². The lowest BCUT2D eigenvalue weighted by molar-refractivity contribution is 0.319. The maximum atomic E-state index is 3.73. The smallest absolute Gasteiger partial charge is 0.0138 e. The average molecular weight is 261 g/mol. The molecule has 0 saturated heterocycles. The van der Waals surface area contributed by atoms with Crippen molar-refractivity contribution in [2.24, 2.45) is 5.92 Å². The average Bonchev–Trinajstić information content (AvgIpc) is 2.46. The predicted molar refractivity (Wildman–Crippen MR) is 85.6 cm³/mol. The van der Waals surface area contributed by atoms with E-state index in [0.717, 1.165) is 12.5 Å². The van der Waals surface area contributed by atoms with Crippen LogP contribution in [0.1, 0.15) is 64.9 Å². The van der Waals surface area contributed by atoms with Gasteiger partial charge in [0.1, 0.15) is 0 Å². The molecule has 1 aromatic rings. The molecule has 1 N–H and O–H groups in total. The van der Waals surface area contributed by atoms with Crippen molar-refractivity contribution in [3.63, 3.8) is 0 Å². The van der Waals surface area contributed by atoms with Crippen molar-refractivity contribution in [3.8, 4) is 0 Å². The lowest BCUT2D eigenvalue weighted by atomic mass is 9.78. The maximum absolute atomic E-state index is 3.73. The van der Waals surface area contributed by atoms with Crippen LogP contribution >= 0.6 is 0 Å². The summed E-state index contributed by atoms with van der Waals surface area (Å²) in [5.41, 5.74) is 1.50. The molecule has 1 nitrogen and oxygen atoms in total. The summed E-state index contributed by atoms with van der Waals surface area (Å²) in [5.74, 6) is 1.36. The van der Waals surface area contributed by atoms with Gasteiger partial charge >= 0.3 is 0 Å². The lowest BCUT2D eigenvalue weighted by Gasteiger charge is -2.33. The minimum Gasteiger partial charge on any atom is -0.314 e. The highest BCUT2D eigenvalue weighted by molar-refractivity contribution is 5.22. The molecule has 1 rings (SSSR count). The van der Waals surface area contributed by atoms with E-state index in [4.69, 9.17) is 0 Å². The molecule has 0 aromatic heterocycles. The first kappa shape index (κ1) is 16.2. The van der Waals surface area contributed by atoms with E-state index < -0.39 is 0 Å². The van der Waals surface area contributed by atoms with Gasteiger partial charge in [0.25, 0.3) is 0 Å². The van der Waals surface area contributed by atoms with Crippen LogP contribution in [0.15, 0.2) is 30.3 Å². The Labute approximate surface area is 119 Å². The number of hydrogen-bond acceptors (Lipinski definition) is 1. The van der Waals surface area contributed by atoms with Crippen LogP contribution in [0.2, 0.25) is 0 Å². The third kappa shape index (κ3) is 4.99. The van der Waals surface area contributed by atoms with E-state index in [1.54, 1.807) is 0 Å². The third-order valence-electron chi connectivity index (χ3n) is 4.21. The zero-order valence-electron chi connectivity index (χ0n) is 13.2. The molecular weight excluding hydrogens is 230 g/mol. The summed E-state index contributed by atoms with van der Waals surface area (Å²) in [5, 5.41) is 3.73. The van der Waals surface area contributed by atoms with Crippen LogP contribution in [0.3, 0.4) is 0 Å². The summed E-state index contributed by atoms with van der Waals surface area (Å²) in [6, 6.07) is 11.7. The van der Waals surface area contributed by atoms with Gasteiger partial charge in [-0.25, -0.2) is 0 Å². The van der Waals surface area contributed by atoms with Gasteiger partial charge in [0.2, 0.25) is 0 Å². The Morgan fingerprint density at radius 2 is 1.74 bits per heavy atom. The first-order chi connectivity index (χ1) is 9.24. The molecule has 19 heavy (non-hydrogen) atoms. The van der Waals surface area contributed by atoms with Gasteiger partial charge in [-0.1, -0.05) is 77.3 Å². The van der Waals surface area contributed by atoms with E-state index in [1.165, 1.54) is 31.2 Å². The highest BCUT2D eigenvalue weighted by Gasteiger charge is 2.26. The lowest BCUT2D eigenvalue weighted by Crippen LogP contribution is -2.37. The number of hydrogen-bond donors (Lipinski definition) is 1. The molecule has 0 amide bonds. The monoisotopic (exact) mass is 261 g/mol. The number of rotatable bonds is 9. The van der Waals surface area contributed by atoms with Crippen molar-refractivity contribution < 1.29 is 0 Å². The van der Waals surface area contributed by atoms with Gasteiger partial charge in [-0.15, -0.1) is 0 Å². The maximum Gasteiger partial charge on any atom is 0.0138 e. The predicted octanol–water partition coefficient (Wildman–Crippen LogP) is 4.98. The molecule has 0 bridgehead atoms. The van der Waals surface area contributed by atoms with Crippen LogP contribution in [-0.4, -0.2) is 12.6 Å². The molecule has 3 unspecified atom stereocenters. The molecule has 3 atom stereocenters. The molecule has 108 valence electrons. The fourth-order valence-electron chi connectivity index (χ4n) is 2.98. The van der Waals surface area contributed by atoms with Gasteiger partial charge in [0.05, 0.1) is 0 Å². The highest BCUT2D eigenvalue weighted by atomic mass is 14.9. The molecule has 0 aliphatic rings. The summed E-state index contributed by atoms with van der Waals surface area (Å²) in [4.78, 5) is 0. The second-order valence-electron chi connectivity index (χ2n) is 5.63. The molecule has 0 aliphatic carbocycles. The van der Waals surface area contributed by atoms with Crippen molar-refractivity contribution in [3.05, 3.63) is 35.9 Å². The Morgan fingerprint density at radius 3 is 2.26 bits per heavy atom. The second-order valence-corrected chi connectivity index (χ2v) is 5.63. The largest absolute Gasteiger partial charge is 0.314 e. The zero-order chi connectivity index (χ0) is 14.1. The van der Waals surface area contributed by atoms with Gasteiger partial charge in [-0.3, -0.25) is 0 Å². The van der Waals surface area contributed by atoms with Crippen molar-refractivity contribution >= 4 is 0 Å². The van der Waals surface area contributed by atoms with Gasteiger partial charge in [-0.05, 0) is 24.4 Å². The summed E-state index contributed by atoms with van der Waals surface area (Å²) < 4.78 is 0. The molecular formula is C18H31N. The summed E-state index contributed by atoms with van der Waals surface area (Å²) in [7, 11) is 0. The molecule has 0 radical (unpaired) electrons. The third-order valence-corrected chi connectivity index (χ3v) is 4.21. The Kier molecular flexibility index (Phi) is 7.81. The minimum atomic E-state index is 0.613. The number of likely N-dealkylation sites (N-methyl/N-ethyl adjacent to an activating group) is 1. The Bertz CT molecular complexity index is 320. The van der Waals surface area contributed by atoms with E-state index in [1.807, 2.05) is 0 Å². The first-order valence-electron chi connectivity index (χ1n) is 8.02. The van der Waals surface area contributed by atoms with Crippen LogP contribution < -0.4 is 5.32 Å².